The summed E-state index contributed by atoms with van der Waals surface area (Å²) >= 11 is 0. The zero-order valence-electron chi connectivity index (χ0n) is 13.0. The third-order valence-corrected chi connectivity index (χ3v) is 4.76. The molecular formula is C17H25N3O. The van der Waals surface area contributed by atoms with Crippen LogP contribution in [0.5, 0.6) is 0 Å². The van der Waals surface area contributed by atoms with E-state index in [0.717, 1.165) is 12.1 Å². The van der Waals surface area contributed by atoms with Crippen LogP contribution in [-0.4, -0.2) is 37.0 Å². The molecule has 1 saturated heterocycles. The number of carbonyl (C=O) groups excluding carboxylic acids is 1. The minimum atomic E-state index is 0.127. The van der Waals surface area contributed by atoms with Gasteiger partial charge in [0.2, 0.25) is 5.91 Å². The second-order valence-corrected chi connectivity index (χ2v) is 6.52. The van der Waals surface area contributed by atoms with Crippen molar-refractivity contribution in [1.82, 2.24) is 4.90 Å². The quantitative estimate of drug-likeness (QED) is 0.898. The Morgan fingerprint density at radius 1 is 1.38 bits per heavy atom. The Hall–Kier alpha value is -1.55. The predicted octanol–water partition coefficient (Wildman–Crippen LogP) is 2.71. The molecule has 2 N–H and O–H groups in total. The van der Waals surface area contributed by atoms with Crippen molar-refractivity contribution in [1.29, 1.82) is 0 Å². The number of likely N-dealkylation sites (tertiary alicyclic amines) is 1. The van der Waals surface area contributed by atoms with Crippen molar-refractivity contribution in [3.63, 3.8) is 0 Å². The van der Waals surface area contributed by atoms with Gasteiger partial charge in [-0.2, -0.15) is 0 Å². The van der Waals surface area contributed by atoms with E-state index in [-0.39, 0.29) is 5.91 Å². The van der Waals surface area contributed by atoms with Crippen LogP contribution in [0.4, 0.5) is 11.4 Å². The van der Waals surface area contributed by atoms with E-state index >= 15 is 0 Å². The number of benzene rings is 1. The van der Waals surface area contributed by atoms with Gasteiger partial charge in [0, 0.05) is 30.4 Å². The highest BCUT2D eigenvalue weighted by molar-refractivity contribution is 5.94. The van der Waals surface area contributed by atoms with E-state index in [2.05, 4.69) is 41.6 Å². The van der Waals surface area contributed by atoms with Crippen molar-refractivity contribution >= 4 is 17.3 Å². The summed E-state index contributed by atoms with van der Waals surface area (Å²) in [5, 5.41) is 6.59. The van der Waals surface area contributed by atoms with Gasteiger partial charge in [-0.15, -0.1) is 0 Å². The number of hydrogen-bond donors (Lipinski definition) is 2. The van der Waals surface area contributed by atoms with Gasteiger partial charge in [-0.1, -0.05) is 0 Å². The number of piperidine rings is 1. The van der Waals surface area contributed by atoms with Crippen LogP contribution in [0.2, 0.25) is 0 Å². The van der Waals surface area contributed by atoms with Gasteiger partial charge in [0.15, 0.2) is 0 Å². The Morgan fingerprint density at radius 3 is 3.05 bits per heavy atom. The zero-order valence-corrected chi connectivity index (χ0v) is 13.0. The summed E-state index contributed by atoms with van der Waals surface area (Å²) in [4.78, 5) is 13.8. The van der Waals surface area contributed by atoms with Crippen LogP contribution in [0.1, 0.15) is 31.7 Å². The first-order valence-corrected chi connectivity index (χ1v) is 7.99. The maximum absolute atomic E-state index is 11.4. The molecule has 0 saturated carbocycles. The average molecular weight is 287 g/mol. The van der Waals surface area contributed by atoms with E-state index in [4.69, 9.17) is 0 Å². The Bertz CT molecular complexity index is 529. The highest BCUT2D eigenvalue weighted by Gasteiger charge is 2.23. The fourth-order valence-corrected chi connectivity index (χ4v) is 3.47. The van der Waals surface area contributed by atoms with Gasteiger partial charge >= 0.3 is 0 Å². The lowest BCUT2D eigenvalue weighted by Crippen LogP contribution is -2.39. The summed E-state index contributed by atoms with van der Waals surface area (Å²) < 4.78 is 0. The summed E-state index contributed by atoms with van der Waals surface area (Å²) in [6.07, 6.45) is 4.04. The second-order valence-electron chi connectivity index (χ2n) is 6.52. The van der Waals surface area contributed by atoms with Crippen molar-refractivity contribution in [3.8, 4) is 0 Å². The van der Waals surface area contributed by atoms with Gasteiger partial charge in [-0.3, -0.25) is 4.79 Å². The van der Waals surface area contributed by atoms with Crippen LogP contribution in [0.15, 0.2) is 18.2 Å². The maximum Gasteiger partial charge on any atom is 0.224 e. The van der Waals surface area contributed by atoms with Gasteiger partial charge in [0.25, 0.3) is 0 Å². The molecule has 0 bridgehead atoms. The van der Waals surface area contributed by atoms with Crippen molar-refractivity contribution < 1.29 is 4.79 Å². The van der Waals surface area contributed by atoms with Crippen LogP contribution in [0, 0.1) is 5.92 Å². The Labute approximate surface area is 126 Å². The van der Waals surface area contributed by atoms with Gasteiger partial charge in [0.05, 0.1) is 0 Å². The molecule has 2 unspecified atom stereocenters. The van der Waals surface area contributed by atoms with E-state index < -0.39 is 0 Å². The molecule has 0 aliphatic carbocycles. The topological polar surface area (TPSA) is 44.4 Å². The van der Waals surface area contributed by atoms with Crippen LogP contribution >= 0.6 is 0 Å². The molecule has 2 atom stereocenters. The number of aryl methyl sites for hydroxylation is 1. The molecule has 0 radical (unpaired) electrons. The maximum atomic E-state index is 11.4. The number of nitrogens with zero attached hydrogens (tertiary/aromatic N) is 1. The van der Waals surface area contributed by atoms with E-state index in [1.54, 1.807) is 0 Å². The third kappa shape index (κ3) is 3.38. The molecule has 4 heteroatoms. The first-order chi connectivity index (χ1) is 10.1. The van der Waals surface area contributed by atoms with Crippen LogP contribution in [-0.2, 0) is 11.2 Å². The first-order valence-electron chi connectivity index (χ1n) is 7.99. The fourth-order valence-electron chi connectivity index (χ4n) is 3.47. The summed E-state index contributed by atoms with van der Waals surface area (Å²) in [7, 11) is 2.21. The Balaban J connectivity index is 1.66. The molecule has 0 aromatic heterocycles. The minimum absolute atomic E-state index is 0.127. The number of nitrogens with one attached hydrogen (secondary N) is 2. The lowest BCUT2D eigenvalue weighted by atomic mass is 9.91. The van der Waals surface area contributed by atoms with E-state index in [1.807, 2.05) is 6.07 Å². The molecule has 2 heterocycles. The average Bonchev–Trinajstić information content (AvgIpc) is 2.47. The zero-order chi connectivity index (χ0) is 14.8. The van der Waals surface area contributed by atoms with E-state index in [9.17, 15) is 4.79 Å². The smallest absolute Gasteiger partial charge is 0.224 e. The third-order valence-electron chi connectivity index (χ3n) is 4.76. The SMILES string of the molecule is CC(Nc1ccc2c(c1)CCC(=O)N2)C1CCCN(C)C1. The van der Waals surface area contributed by atoms with Crippen molar-refractivity contribution in [2.75, 3.05) is 30.8 Å². The fraction of sp³-hybridized carbons (Fsp3) is 0.588. The standard InChI is InChI=1S/C17H25N3O/c1-12(14-4-3-9-20(2)11-14)18-15-6-7-16-13(10-15)5-8-17(21)19-16/h6-7,10,12,14,18H,3-5,8-9,11H2,1-2H3,(H,19,21). The predicted molar refractivity (Wildman–Crippen MR) is 86.7 cm³/mol. The molecule has 114 valence electrons. The minimum Gasteiger partial charge on any atom is -0.382 e. The van der Waals surface area contributed by atoms with Crippen molar-refractivity contribution in [2.24, 2.45) is 5.92 Å². The molecule has 1 fully saturated rings. The molecule has 2 aliphatic rings. The number of carbonyl (C=O) groups is 1. The number of amides is 1. The number of anilines is 2. The van der Waals surface area contributed by atoms with Gasteiger partial charge < -0.3 is 15.5 Å². The largest absolute Gasteiger partial charge is 0.382 e. The first kappa shape index (κ1) is 14.4. The molecule has 21 heavy (non-hydrogen) atoms. The molecule has 0 spiro atoms. The molecule has 1 amide bonds. The van der Waals surface area contributed by atoms with E-state index in [0.29, 0.717) is 18.4 Å². The van der Waals surface area contributed by atoms with Crippen molar-refractivity contribution in [2.45, 2.75) is 38.6 Å². The lowest BCUT2D eigenvalue weighted by molar-refractivity contribution is -0.116. The normalized spacial score (nSPS) is 24.1. The molecule has 1 aromatic carbocycles. The summed E-state index contributed by atoms with van der Waals surface area (Å²) in [6, 6.07) is 6.77. The molecular weight excluding hydrogens is 262 g/mol. The Kier molecular flexibility index (Phi) is 4.15. The number of hydrogen-bond acceptors (Lipinski definition) is 3. The van der Waals surface area contributed by atoms with Crippen LogP contribution in [0.3, 0.4) is 0 Å². The van der Waals surface area contributed by atoms with Gasteiger partial charge in [-0.05, 0) is 69.5 Å². The molecule has 3 rings (SSSR count). The van der Waals surface area contributed by atoms with Crippen LogP contribution in [0.25, 0.3) is 0 Å². The highest BCUT2D eigenvalue weighted by Crippen LogP contribution is 2.27. The molecule has 4 nitrogen and oxygen atoms in total. The number of rotatable bonds is 3. The van der Waals surface area contributed by atoms with Gasteiger partial charge in [-0.25, -0.2) is 0 Å². The summed E-state index contributed by atoms with van der Waals surface area (Å²) in [5.74, 6) is 0.835. The summed E-state index contributed by atoms with van der Waals surface area (Å²) in [6.45, 7) is 4.68. The second kappa shape index (κ2) is 6.06. The molecule has 1 aromatic rings. The van der Waals surface area contributed by atoms with Crippen molar-refractivity contribution in [3.05, 3.63) is 23.8 Å². The van der Waals surface area contributed by atoms with Crippen LogP contribution < -0.4 is 10.6 Å². The molecule has 2 aliphatic heterocycles. The van der Waals surface area contributed by atoms with Gasteiger partial charge in [0.1, 0.15) is 0 Å². The van der Waals surface area contributed by atoms with E-state index in [1.165, 1.54) is 37.2 Å². The summed E-state index contributed by atoms with van der Waals surface area (Å²) in [5.41, 5.74) is 3.39. The number of fused-ring (bicyclic) bond motifs is 1. The monoisotopic (exact) mass is 287 g/mol. The highest BCUT2D eigenvalue weighted by atomic mass is 16.1. The Morgan fingerprint density at radius 2 is 2.24 bits per heavy atom. The lowest BCUT2D eigenvalue weighted by Gasteiger charge is -2.34.